The van der Waals surface area contributed by atoms with Crippen LogP contribution in [0.5, 0.6) is 5.75 Å². The summed E-state index contributed by atoms with van der Waals surface area (Å²) in [6, 6.07) is 6.32. The van der Waals surface area contributed by atoms with Gasteiger partial charge in [-0.15, -0.1) is 0 Å². The first-order valence-electron chi connectivity index (χ1n) is 6.70. The van der Waals surface area contributed by atoms with Crippen molar-refractivity contribution >= 4 is 0 Å². The van der Waals surface area contributed by atoms with Gasteiger partial charge in [0.25, 0.3) is 0 Å². The minimum Gasteiger partial charge on any atom is -0.493 e. The minimum absolute atomic E-state index is 0.0530. The first kappa shape index (κ1) is 13.4. The van der Waals surface area contributed by atoms with Crippen LogP contribution in [-0.4, -0.2) is 31.0 Å². The van der Waals surface area contributed by atoms with Crippen molar-refractivity contribution in [1.82, 2.24) is 0 Å². The van der Waals surface area contributed by atoms with Gasteiger partial charge in [-0.1, -0.05) is 19.1 Å². The maximum absolute atomic E-state index is 10.0. The molecule has 1 aliphatic rings. The molecule has 0 spiro atoms. The standard InChI is InChI=1S/C15H22O3/c1-3-14(17-2)13(16)6-4-11-5-7-15-12(10-11)8-9-18-15/h5,7,10,13-14,16H,3-4,6,8-9H2,1-2H3. The molecule has 0 saturated heterocycles. The fourth-order valence-corrected chi connectivity index (χ4v) is 2.49. The molecule has 18 heavy (non-hydrogen) atoms. The zero-order valence-corrected chi connectivity index (χ0v) is 11.2. The van der Waals surface area contributed by atoms with Crippen molar-refractivity contribution in [3.05, 3.63) is 29.3 Å². The lowest BCUT2D eigenvalue weighted by atomic mass is 10.00. The molecule has 0 radical (unpaired) electrons. The van der Waals surface area contributed by atoms with Crippen molar-refractivity contribution in [1.29, 1.82) is 0 Å². The molecule has 0 saturated carbocycles. The van der Waals surface area contributed by atoms with Gasteiger partial charge in [-0.2, -0.15) is 0 Å². The Hall–Kier alpha value is -1.06. The summed E-state index contributed by atoms with van der Waals surface area (Å²) in [5, 5.41) is 10.0. The van der Waals surface area contributed by atoms with Crippen molar-refractivity contribution < 1.29 is 14.6 Å². The summed E-state index contributed by atoms with van der Waals surface area (Å²) in [6.45, 7) is 2.83. The molecular formula is C15H22O3. The number of aliphatic hydroxyl groups is 1. The Kier molecular flexibility index (Phi) is 4.61. The summed E-state index contributed by atoms with van der Waals surface area (Å²) < 4.78 is 10.7. The van der Waals surface area contributed by atoms with Crippen LogP contribution < -0.4 is 4.74 Å². The highest BCUT2D eigenvalue weighted by Crippen LogP contribution is 2.26. The molecule has 2 unspecified atom stereocenters. The molecule has 0 amide bonds. The fourth-order valence-electron chi connectivity index (χ4n) is 2.49. The molecule has 1 heterocycles. The summed E-state index contributed by atoms with van der Waals surface area (Å²) in [7, 11) is 1.66. The van der Waals surface area contributed by atoms with Crippen LogP contribution in [0.3, 0.4) is 0 Å². The largest absolute Gasteiger partial charge is 0.493 e. The molecule has 0 aromatic heterocycles. The van der Waals surface area contributed by atoms with E-state index in [1.54, 1.807) is 7.11 Å². The second kappa shape index (κ2) is 6.21. The van der Waals surface area contributed by atoms with E-state index in [0.29, 0.717) is 0 Å². The van der Waals surface area contributed by atoms with E-state index in [2.05, 4.69) is 12.1 Å². The fraction of sp³-hybridized carbons (Fsp3) is 0.600. The molecule has 1 N–H and O–H groups in total. The zero-order chi connectivity index (χ0) is 13.0. The molecule has 0 fully saturated rings. The number of hydrogen-bond acceptors (Lipinski definition) is 3. The SMILES string of the molecule is CCC(OC)C(O)CCc1ccc2c(c1)CCO2. The Bertz CT molecular complexity index is 385. The third-order valence-corrected chi connectivity index (χ3v) is 3.62. The number of rotatable bonds is 6. The first-order valence-corrected chi connectivity index (χ1v) is 6.70. The van der Waals surface area contributed by atoms with Gasteiger partial charge in [-0.3, -0.25) is 0 Å². The number of fused-ring (bicyclic) bond motifs is 1. The molecule has 1 aromatic carbocycles. The normalized spacial score (nSPS) is 17.1. The molecule has 2 atom stereocenters. The predicted octanol–water partition coefficient (Wildman–Crippen LogP) is 2.34. The van der Waals surface area contributed by atoms with E-state index in [1.165, 1.54) is 11.1 Å². The molecule has 1 aromatic rings. The van der Waals surface area contributed by atoms with Gasteiger partial charge in [0.15, 0.2) is 0 Å². The molecule has 100 valence electrons. The van der Waals surface area contributed by atoms with Gasteiger partial charge < -0.3 is 14.6 Å². The van der Waals surface area contributed by atoms with Crippen LogP contribution in [0.1, 0.15) is 30.9 Å². The number of methoxy groups -OCH3 is 1. The summed E-state index contributed by atoms with van der Waals surface area (Å²) in [4.78, 5) is 0. The van der Waals surface area contributed by atoms with Crippen molar-refractivity contribution in [2.75, 3.05) is 13.7 Å². The van der Waals surface area contributed by atoms with Crippen LogP contribution in [0.25, 0.3) is 0 Å². The van der Waals surface area contributed by atoms with Gasteiger partial charge >= 0.3 is 0 Å². The van der Waals surface area contributed by atoms with E-state index in [9.17, 15) is 5.11 Å². The second-order valence-electron chi connectivity index (χ2n) is 4.83. The lowest BCUT2D eigenvalue weighted by Crippen LogP contribution is -2.27. The quantitative estimate of drug-likeness (QED) is 0.842. The van der Waals surface area contributed by atoms with E-state index in [-0.39, 0.29) is 12.2 Å². The van der Waals surface area contributed by atoms with E-state index >= 15 is 0 Å². The minimum atomic E-state index is -0.385. The smallest absolute Gasteiger partial charge is 0.122 e. The maximum Gasteiger partial charge on any atom is 0.122 e. The second-order valence-corrected chi connectivity index (χ2v) is 4.83. The molecule has 0 aliphatic carbocycles. The number of aliphatic hydroxyl groups excluding tert-OH is 1. The van der Waals surface area contributed by atoms with Gasteiger partial charge in [-0.25, -0.2) is 0 Å². The summed E-state index contributed by atoms with van der Waals surface area (Å²) in [5.41, 5.74) is 2.56. The van der Waals surface area contributed by atoms with Crippen LogP contribution in [0.2, 0.25) is 0 Å². The van der Waals surface area contributed by atoms with Crippen LogP contribution in [-0.2, 0) is 17.6 Å². The number of hydrogen-bond donors (Lipinski definition) is 1. The van der Waals surface area contributed by atoms with E-state index < -0.39 is 0 Å². The maximum atomic E-state index is 10.0. The lowest BCUT2D eigenvalue weighted by Gasteiger charge is -2.20. The van der Waals surface area contributed by atoms with E-state index in [1.807, 2.05) is 13.0 Å². The highest BCUT2D eigenvalue weighted by molar-refractivity contribution is 5.39. The topological polar surface area (TPSA) is 38.7 Å². The molecule has 3 nitrogen and oxygen atoms in total. The number of benzene rings is 1. The predicted molar refractivity (Wildman–Crippen MR) is 71.1 cm³/mol. The van der Waals surface area contributed by atoms with Gasteiger partial charge in [0.05, 0.1) is 18.8 Å². The monoisotopic (exact) mass is 250 g/mol. The zero-order valence-electron chi connectivity index (χ0n) is 11.2. The van der Waals surface area contributed by atoms with Crippen molar-refractivity contribution in [2.45, 2.75) is 44.8 Å². The van der Waals surface area contributed by atoms with Gasteiger partial charge in [-0.05, 0) is 36.5 Å². The number of aryl methyl sites for hydroxylation is 1. The highest BCUT2D eigenvalue weighted by Gasteiger charge is 2.17. The van der Waals surface area contributed by atoms with Gasteiger partial charge in [0.1, 0.15) is 5.75 Å². The van der Waals surface area contributed by atoms with Gasteiger partial charge in [0, 0.05) is 13.5 Å². The Morgan fingerprint density at radius 1 is 1.44 bits per heavy atom. The van der Waals surface area contributed by atoms with Crippen LogP contribution >= 0.6 is 0 Å². The molecule has 1 aliphatic heterocycles. The summed E-state index contributed by atoms with van der Waals surface area (Å²) >= 11 is 0. The first-order chi connectivity index (χ1) is 8.74. The Labute approximate surface area is 109 Å². The Morgan fingerprint density at radius 2 is 2.28 bits per heavy atom. The third kappa shape index (κ3) is 3.03. The van der Waals surface area contributed by atoms with Crippen molar-refractivity contribution in [3.8, 4) is 5.75 Å². The van der Waals surface area contributed by atoms with Crippen LogP contribution in [0, 0.1) is 0 Å². The summed E-state index contributed by atoms with van der Waals surface area (Å²) in [6.07, 6.45) is 3.03. The lowest BCUT2D eigenvalue weighted by molar-refractivity contribution is -0.0169. The highest BCUT2D eigenvalue weighted by atomic mass is 16.5. The Balaban J connectivity index is 1.90. The molecule has 3 heteroatoms. The Morgan fingerprint density at radius 3 is 3.00 bits per heavy atom. The number of ether oxygens (including phenoxy) is 2. The molecular weight excluding hydrogens is 228 g/mol. The van der Waals surface area contributed by atoms with E-state index in [0.717, 1.165) is 38.0 Å². The van der Waals surface area contributed by atoms with Crippen molar-refractivity contribution in [2.24, 2.45) is 0 Å². The average Bonchev–Trinajstić information content (AvgIpc) is 2.85. The summed E-state index contributed by atoms with van der Waals surface area (Å²) in [5.74, 6) is 1.02. The average molecular weight is 250 g/mol. The van der Waals surface area contributed by atoms with Crippen LogP contribution in [0.15, 0.2) is 18.2 Å². The molecule has 0 bridgehead atoms. The van der Waals surface area contributed by atoms with Crippen LogP contribution in [0.4, 0.5) is 0 Å². The van der Waals surface area contributed by atoms with Gasteiger partial charge in [0.2, 0.25) is 0 Å². The third-order valence-electron chi connectivity index (χ3n) is 3.62. The van der Waals surface area contributed by atoms with Crippen molar-refractivity contribution in [3.63, 3.8) is 0 Å². The molecule has 2 rings (SSSR count). The van der Waals surface area contributed by atoms with E-state index in [4.69, 9.17) is 9.47 Å².